The summed E-state index contributed by atoms with van der Waals surface area (Å²) in [5.74, 6) is -0.878. The Balaban J connectivity index is 3.50. The van der Waals surface area contributed by atoms with Gasteiger partial charge in [0.2, 0.25) is 11.8 Å². The predicted molar refractivity (Wildman–Crippen MR) is 133 cm³/mol. The van der Waals surface area contributed by atoms with Crippen molar-refractivity contribution >= 4 is 17.9 Å². The zero-order chi connectivity index (χ0) is 26.3. The third-order valence-corrected chi connectivity index (χ3v) is 5.41. The number of unbranched alkanes of at least 4 members (excludes halogenated alkanes) is 1. The lowest BCUT2D eigenvalue weighted by Gasteiger charge is -2.43. The molecule has 3 N–H and O–H groups in total. The first-order valence-electron chi connectivity index (χ1n) is 11.9. The van der Waals surface area contributed by atoms with Gasteiger partial charge < -0.3 is 25.4 Å². The van der Waals surface area contributed by atoms with Crippen LogP contribution in [-0.2, 0) is 14.3 Å². The SMILES string of the molecule is CCCCNC(=O)C(c1cccc(C)c1C)N(C(=O)C(CO)NC(=O)OC(C)(C)C)C(C)(C)C. The molecular weight excluding hydrogens is 434 g/mol. The van der Waals surface area contributed by atoms with Crippen molar-refractivity contribution in [2.45, 2.75) is 98.4 Å². The van der Waals surface area contributed by atoms with E-state index < -0.39 is 41.8 Å². The fraction of sp³-hybridized carbons (Fsp3) is 0.654. The topological polar surface area (TPSA) is 108 Å². The molecule has 3 amide bonds. The van der Waals surface area contributed by atoms with Gasteiger partial charge in [0.1, 0.15) is 17.7 Å². The molecule has 192 valence electrons. The molecule has 0 saturated heterocycles. The molecule has 0 heterocycles. The molecule has 2 atom stereocenters. The summed E-state index contributed by atoms with van der Waals surface area (Å²) in [5.41, 5.74) is 1.03. The average Bonchev–Trinajstić information content (AvgIpc) is 2.70. The van der Waals surface area contributed by atoms with Gasteiger partial charge in [0, 0.05) is 12.1 Å². The summed E-state index contributed by atoms with van der Waals surface area (Å²) in [6.07, 6.45) is 0.918. The number of carbonyl (C=O) groups excluding carboxylic acids is 3. The maximum Gasteiger partial charge on any atom is 0.408 e. The van der Waals surface area contributed by atoms with Crippen LogP contribution in [0.2, 0.25) is 0 Å². The van der Waals surface area contributed by atoms with E-state index in [-0.39, 0.29) is 5.91 Å². The van der Waals surface area contributed by atoms with E-state index in [0.717, 1.165) is 24.0 Å². The van der Waals surface area contributed by atoms with Gasteiger partial charge in [-0.3, -0.25) is 9.59 Å². The number of ether oxygens (including phenoxy) is 1. The van der Waals surface area contributed by atoms with Crippen LogP contribution >= 0.6 is 0 Å². The van der Waals surface area contributed by atoms with Gasteiger partial charge in [0.05, 0.1) is 6.61 Å². The van der Waals surface area contributed by atoms with Gasteiger partial charge in [-0.15, -0.1) is 0 Å². The molecule has 1 rings (SSSR count). The molecule has 0 aliphatic carbocycles. The average molecular weight is 478 g/mol. The Bertz CT molecular complexity index is 855. The number of amides is 3. The van der Waals surface area contributed by atoms with Gasteiger partial charge >= 0.3 is 6.09 Å². The van der Waals surface area contributed by atoms with Crippen molar-refractivity contribution in [3.8, 4) is 0 Å². The molecule has 0 bridgehead atoms. The Kier molecular flexibility index (Phi) is 10.6. The monoisotopic (exact) mass is 477 g/mol. The second kappa shape index (κ2) is 12.2. The van der Waals surface area contributed by atoms with E-state index in [1.807, 2.05) is 59.7 Å². The van der Waals surface area contributed by atoms with Gasteiger partial charge in [-0.25, -0.2) is 4.79 Å². The minimum atomic E-state index is -1.27. The minimum Gasteiger partial charge on any atom is -0.444 e. The van der Waals surface area contributed by atoms with E-state index >= 15 is 0 Å². The van der Waals surface area contributed by atoms with E-state index in [0.29, 0.717) is 12.1 Å². The number of rotatable bonds is 9. The van der Waals surface area contributed by atoms with Crippen LogP contribution in [0.15, 0.2) is 18.2 Å². The predicted octanol–water partition coefficient (Wildman–Crippen LogP) is 3.77. The lowest BCUT2D eigenvalue weighted by molar-refractivity contribution is -0.149. The van der Waals surface area contributed by atoms with E-state index in [4.69, 9.17) is 4.74 Å². The molecule has 0 fully saturated rings. The highest BCUT2D eigenvalue weighted by molar-refractivity contribution is 5.93. The summed E-state index contributed by atoms with van der Waals surface area (Å²) >= 11 is 0. The molecule has 0 aliphatic heterocycles. The molecule has 0 aromatic heterocycles. The number of alkyl carbamates (subject to hydrolysis) is 1. The normalized spacial score (nSPS) is 13.6. The van der Waals surface area contributed by atoms with Crippen molar-refractivity contribution in [2.24, 2.45) is 0 Å². The zero-order valence-electron chi connectivity index (χ0n) is 22.2. The summed E-state index contributed by atoms with van der Waals surface area (Å²) in [5, 5.41) is 15.4. The van der Waals surface area contributed by atoms with Crippen molar-refractivity contribution < 1.29 is 24.2 Å². The molecule has 34 heavy (non-hydrogen) atoms. The van der Waals surface area contributed by atoms with Crippen molar-refractivity contribution in [1.29, 1.82) is 0 Å². The van der Waals surface area contributed by atoms with Crippen LogP contribution in [0.25, 0.3) is 0 Å². The lowest BCUT2D eigenvalue weighted by atomic mass is 9.91. The summed E-state index contributed by atoms with van der Waals surface area (Å²) in [7, 11) is 0. The number of aliphatic hydroxyl groups excluding tert-OH is 1. The number of aryl methyl sites for hydroxylation is 1. The van der Waals surface area contributed by atoms with E-state index in [1.54, 1.807) is 20.8 Å². The Morgan fingerprint density at radius 2 is 1.71 bits per heavy atom. The first-order valence-corrected chi connectivity index (χ1v) is 11.9. The fourth-order valence-electron chi connectivity index (χ4n) is 3.60. The minimum absolute atomic E-state index is 0.306. The second-order valence-corrected chi connectivity index (χ2v) is 10.6. The van der Waals surface area contributed by atoms with Crippen LogP contribution < -0.4 is 10.6 Å². The van der Waals surface area contributed by atoms with Crippen molar-refractivity contribution in [3.05, 3.63) is 34.9 Å². The molecule has 8 heteroatoms. The molecule has 1 aromatic carbocycles. The number of carbonyl (C=O) groups is 3. The summed E-state index contributed by atoms with van der Waals surface area (Å²) in [4.78, 5) is 41.1. The Hall–Kier alpha value is -2.61. The van der Waals surface area contributed by atoms with Crippen molar-refractivity contribution in [1.82, 2.24) is 15.5 Å². The standard InChI is InChI=1S/C26H43N3O5/c1-10-11-15-27-22(31)21(19-14-12-13-17(2)18(19)3)29(25(4,5)6)23(32)20(16-30)28-24(33)34-26(7,8)9/h12-14,20-21,30H,10-11,15-16H2,1-9H3,(H,27,31)(H,28,33). The molecule has 0 saturated carbocycles. The van der Waals surface area contributed by atoms with Crippen molar-refractivity contribution in [3.63, 3.8) is 0 Å². The molecular formula is C26H43N3O5. The third kappa shape index (κ3) is 8.31. The molecule has 0 aliphatic rings. The Labute approximate surface area is 204 Å². The smallest absolute Gasteiger partial charge is 0.408 e. The van der Waals surface area contributed by atoms with Crippen LogP contribution in [0, 0.1) is 13.8 Å². The Morgan fingerprint density at radius 3 is 2.21 bits per heavy atom. The number of hydrogen-bond donors (Lipinski definition) is 3. The summed E-state index contributed by atoms with van der Waals surface area (Å²) < 4.78 is 5.27. The zero-order valence-corrected chi connectivity index (χ0v) is 22.2. The maximum absolute atomic E-state index is 13.8. The number of hydrogen-bond acceptors (Lipinski definition) is 5. The largest absolute Gasteiger partial charge is 0.444 e. The van der Waals surface area contributed by atoms with Gasteiger partial charge in [0.25, 0.3) is 0 Å². The Morgan fingerprint density at radius 1 is 1.09 bits per heavy atom. The molecule has 8 nitrogen and oxygen atoms in total. The summed E-state index contributed by atoms with van der Waals surface area (Å²) in [6, 6.07) is 3.43. The van der Waals surface area contributed by atoms with Crippen LogP contribution in [0.5, 0.6) is 0 Å². The first kappa shape index (κ1) is 29.4. The summed E-state index contributed by atoms with van der Waals surface area (Å²) in [6.45, 7) is 16.4. The molecule has 1 aromatic rings. The molecule has 0 spiro atoms. The van der Waals surface area contributed by atoms with E-state index in [9.17, 15) is 19.5 Å². The van der Waals surface area contributed by atoms with Gasteiger partial charge in [-0.1, -0.05) is 31.5 Å². The molecule has 2 unspecified atom stereocenters. The highest BCUT2D eigenvalue weighted by Crippen LogP contribution is 2.32. The number of benzene rings is 1. The highest BCUT2D eigenvalue weighted by atomic mass is 16.6. The van der Waals surface area contributed by atoms with Crippen molar-refractivity contribution in [2.75, 3.05) is 13.2 Å². The van der Waals surface area contributed by atoms with E-state index in [2.05, 4.69) is 10.6 Å². The van der Waals surface area contributed by atoms with Gasteiger partial charge in [-0.2, -0.15) is 0 Å². The highest BCUT2D eigenvalue weighted by Gasteiger charge is 2.42. The van der Waals surface area contributed by atoms with Crippen LogP contribution in [0.1, 0.15) is 84.0 Å². The number of nitrogens with zero attached hydrogens (tertiary/aromatic N) is 1. The van der Waals surface area contributed by atoms with Gasteiger partial charge in [-0.05, 0) is 78.5 Å². The van der Waals surface area contributed by atoms with E-state index in [1.165, 1.54) is 4.90 Å². The second-order valence-electron chi connectivity index (χ2n) is 10.6. The number of aliphatic hydroxyl groups is 1. The molecule has 0 radical (unpaired) electrons. The first-order chi connectivity index (χ1) is 15.6. The maximum atomic E-state index is 13.8. The third-order valence-electron chi connectivity index (χ3n) is 5.41. The van der Waals surface area contributed by atoms with Gasteiger partial charge in [0.15, 0.2) is 0 Å². The number of nitrogens with one attached hydrogen (secondary N) is 2. The lowest BCUT2D eigenvalue weighted by Crippen LogP contribution is -2.59. The van der Waals surface area contributed by atoms with Crippen LogP contribution in [-0.4, -0.2) is 58.2 Å². The van der Waals surface area contributed by atoms with Crippen LogP contribution in [0.4, 0.5) is 4.79 Å². The quantitative estimate of drug-likeness (QED) is 0.469. The fourth-order valence-corrected chi connectivity index (χ4v) is 3.60. The van der Waals surface area contributed by atoms with Crippen LogP contribution in [0.3, 0.4) is 0 Å².